The van der Waals surface area contributed by atoms with E-state index in [0.29, 0.717) is 72.6 Å². The molecule has 6 N–H and O–H groups in total. The second-order valence-electron chi connectivity index (χ2n) is 12.1. The van der Waals surface area contributed by atoms with Crippen molar-refractivity contribution in [3.63, 3.8) is 0 Å². The van der Waals surface area contributed by atoms with Crippen LogP contribution in [0.5, 0.6) is 11.5 Å². The number of unbranched alkanes of at least 4 members (excludes halogenated alkanes) is 1. The maximum atomic E-state index is 13.1. The van der Waals surface area contributed by atoms with E-state index in [1.54, 1.807) is 48.5 Å². The summed E-state index contributed by atoms with van der Waals surface area (Å²) in [6.45, 7) is 1.37. The number of phenols is 1. The van der Waals surface area contributed by atoms with Gasteiger partial charge in [-0.2, -0.15) is 4.68 Å². The summed E-state index contributed by atoms with van der Waals surface area (Å²) in [5.74, 6) is -0.336. The zero-order valence-corrected chi connectivity index (χ0v) is 27.7. The predicted molar refractivity (Wildman–Crippen MR) is 189 cm³/mol. The van der Waals surface area contributed by atoms with Gasteiger partial charge in [-0.15, -0.1) is 15.3 Å². The summed E-state index contributed by atoms with van der Waals surface area (Å²) in [7, 11) is 0. The van der Waals surface area contributed by atoms with Gasteiger partial charge in [-0.1, -0.05) is 41.6 Å². The minimum Gasteiger partial charge on any atom is -0.507 e. The monoisotopic (exact) mass is 691 g/mol. The molecule has 1 aliphatic heterocycles. The lowest BCUT2D eigenvalue weighted by atomic mass is 10.1. The van der Waals surface area contributed by atoms with Gasteiger partial charge in [0.1, 0.15) is 23.0 Å². The average molecular weight is 692 g/mol. The molecule has 1 fully saturated rings. The molecule has 1 aliphatic rings. The lowest BCUT2D eigenvalue weighted by Crippen LogP contribution is -2.45. The molecular formula is C36H37N9O6. The number of imide groups is 1. The number of aromatic nitrogens is 5. The molecule has 6 rings (SSSR count). The molecule has 5 aromatic rings. The van der Waals surface area contributed by atoms with Crippen molar-refractivity contribution in [2.45, 2.75) is 51.1 Å². The molecule has 3 amide bonds. The number of nitrogens with zero attached hydrogens (tertiary/aromatic N) is 5. The lowest BCUT2D eigenvalue weighted by Gasteiger charge is -2.21. The Labute approximate surface area is 292 Å². The molecule has 0 spiro atoms. The van der Waals surface area contributed by atoms with Gasteiger partial charge in [0, 0.05) is 49.7 Å². The Morgan fingerprint density at radius 1 is 0.980 bits per heavy atom. The number of piperidine rings is 1. The standard InChI is InChI=1S/C36H37N9O6/c37-34-31(20-28(41-43-34)25-5-1-2-6-30(25)46)51-18-16-22-8-10-23(11-9-22)21-39-32(47)7-3-4-17-38-24-12-13-27-26(19-24)36(50)45(44-42-27)29-14-15-33(48)40-35(29)49/h1-2,5-6,8-13,19-20,29,38,46H,3-4,7,14-18,21H2,(H2,37,43)(H,39,47)(H,40,48,49). The van der Waals surface area contributed by atoms with Crippen LogP contribution in [0.4, 0.5) is 11.5 Å². The van der Waals surface area contributed by atoms with E-state index in [4.69, 9.17) is 10.5 Å². The molecule has 3 heterocycles. The van der Waals surface area contributed by atoms with E-state index in [-0.39, 0.29) is 36.2 Å². The SMILES string of the molecule is Nc1nnc(-c2ccccc2O)cc1OCCc1ccc(CNC(=O)CCCCNc2ccc3nnn(C4CCC(=O)NC4=O)c(=O)c3c2)cc1. The minimum atomic E-state index is -0.884. The third kappa shape index (κ3) is 8.62. The summed E-state index contributed by atoms with van der Waals surface area (Å²) in [6.07, 6.45) is 2.72. The highest BCUT2D eigenvalue weighted by Gasteiger charge is 2.30. The Morgan fingerprint density at radius 2 is 1.78 bits per heavy atom. The third-order valence-electron chi connectivity index (χ3n) is 8.48. The molecule has 51 heavy (non-hydrogen) atoms. The molecule has 0 radical (unpaired) electrons. The number of benzene rings is 3. The number of phenolic OH excluding ortho intramolecular Hbond substituents is 1. The van der Waals surface area contributed by atoms with E-state index in [9.17, 15) is 24.3 Å². The Kier molecular flexibility index (Phi) is 10.7. The number of nitrogens with two attached hydrogens (primary N) is 1. The first-order valence-electron chi connectivity index (χ1n) is 16.6. The highest BCUT2D eigenvalue weighted by atomic mass is 16.5. The number of aromatic hydroxyl groups is 1. The maximum absolute atomic E-state index is 13.1. The zero-order valence-electron chi connectivity index (χ0n) is 27.7. The van der Waals surface area contributed by atoms with Crippen LogP contribution < -0.4 is 32.0 Å². The van der Waals surface area contributed by atoms with Gasteiger partial charge in [-0.25, -0.2) is 0 Å². The topological polar surface area (TPSA) is 216 Å². The normalized spacial score (nSPS) is 14.2. The summed E-state index contributed by atoms with van der Waals surface area (Å²) >= 11 is 0. The largest absolute Gasteiger partial charge is 0.507 e. The molecule has 1 saturated heterocycles. The highest BCUT2D eigenvalue weighted by molar-refractivity contribution is 5.99. The number of nitrogen functional groups attached to an aromatic ring is 1. The smallest absolute Gasteiger partial charge is 0.278 e. The van der Waals surface area contributed by atoms with Gasteiger partial charge < -0.3 is 26.2 Å². The van der Waals surface area contributed by atoms with Gasteiger partial charge in [0.2, 0.25) is 11.8 Å². The van der Waals surface area contributed by atoms with Gasteiger partial charge in [0.15, 0.2) is 11.6 Å². The van der Waals surface area contributed by atoms with Crippen molar-refractivity contribution in [1.29, 1.82) is 0 Å². The Bertz CT molecular complexity index is 2120. The first kappa shape index (κ1) is 34.5. The number of rotatable bonds is 14. The molecular weight excluding hydrogens is 654 g/mol. The van der Waals surface area contributed by atoms with E-state index in [1.807, 2.05) is 24.3 Å². The molecule has 0 aliphatic carbocycles. The van der Waals surface area contributed by atoms with E-state index in [0.717, 1.165) is 22.2 Å². The molecule has 3 aromatic carbocycles. The summed E-state index contributed by atoms with van der Waals surface area (Å²) in [6, 6.07) is 20.7. The fourth-order valence-corrected chi connectivity index (χ4v) is 5.64. The number of carbonyl (C=O) groups is 3. The number of hydrogen-bond donors (Lipinski definition) is 5. The van der Waals surface area contributed by atoms with E-state index >= 15 is 0 Å². The fourth-order valence-electron chi connectivity index (χ4n) is 5.64. The van der Waals surface area contributed by atoms with Crippen LogP contribution in [0.3, 0.4) is 0 Å². The molecule has 15 heteroatoms. The second-order valence-corrected chi connectivity index (χ2v) is 12.1. The Hall–Kier alpha value is -6.38. The van der Waals surface area contributed by atoms with Gasteiger partial charge in [0.25, 0.3) is 11.5 Å². The Balaban J connectivity index is 0.901. The van der Waals surface area contributed by atoms with Crippen molar-refractivity contribution in [3.05, 3.63) is 94.3 Å². The van der Waals surface area contributed by atoms with Crippen molar-refractivity contribution in [3.8, 4) is 22.8 Å². The summed E-state index contributed by atoms with van der Waals surface area (Å²) < 4.78 is 6.91. The van der Waals surface area contributed by atoms with Gasteiger partial charge in [-0.3, -0.25) is 24.5 Å². The summed E-state index contributed by atoms with van der Waals surface area (Å²) in [5.41, 5.74) is 9.63. The van der Waals surface area contributed by atoms with Gasteiger partial charge in [0.05, 0.1) is 12.0 Å². The van der Waals surface area contributed by atoms with Crippen molar-refractivity contribution >= 4 is 40.1 Å². The lowest BCUT2D eigenvalue weighted by molar-refractivity contribution is -0.136. The molecule has 1 atom stereocenters. The van der Waals surface area contributed by atoms with Crippen molar-refractivity contribution in [1.82, 2.24) is 35.8 Å². The van der Waals surface area contributed by atoms with Crippen LogP contribution in [0, 0.1) is 0 Å². The summed E-state index contributed by atoms with van der Waals surface area (Å²) in [5, 5.41) is 34.9. The zero-order chi connectivity index (χ0) is 35.7. The molecule has 15 nitrogen and oxygen atoms in total. The Morgan fingerprint density at radius 3 is 2.59 bits per heavy atom. The van der Waals surface area contributed by atoms with Crippen LogP contribution in [-0.2, 0) is 27.3 Å². The number of para-hydroxylation sites is 1. The number of carbonyl (C=O) groups excluding carboxylic acids is 3. The van der Waals surface area contributed by atoms with E-state index in [2.05, 4.69) is 36.5 Å². The summed E-state index contributed by atoms with van der Waals surface area (Å²) in [4.78, 5) is 49.3. The van der Waals surface area contributed by atoms with Gasteiger partial charge >= 0.3 is 0 Å². The minimum absolute atomic E-state index is 0.0440. The number of anilines is 2. The number of fused-ring (bicyclic) bond motifs is 1. The first-order chi connectivity index (χ1) is 24.7. The molecule has 262 valence electrons. The van der Waals surface area contributed by atoms with Crippen LogP contribution in [0.1, 0.15) is 49.3 Å². The van der Waals surface area contributed by atoms with E-state index in [1.165, 1.54) is 0 Å². The third-order valence-corrected chi connectivity index (χ3v) is 8.48. The van der Waals surface area contributed by atoms with Crippen molar-refractivity contribution in [2.75, 3.05) is 24.2 Å². The fraction of sp³-hybridized carbons (Fsp3) is 0.278. The van der Waals surface area contributed by atoms with E-state index < -0.39 is 17.5 Å². The predicted octanol–water partition coefficient (Wildman–Crippen LogP) is 3.03. The van der Waals surface area contributed by atoms with Crippen LogP contribution in [-0.4, -0.2) is 61.2 Å². The van der Waals surface area contributed by atoms with Crippen LogP contribution in [0.2, 0.25) is 0 Å². The number of ether oxygens (including phenoxy) is 1. The van der Waals surface area contributed by atoms with Gasteiger partial charge in [-0.05, 0) is 60.7 Å². The molecule has 2 aromatic heterocycles. The first-order valence-corrected chi connectivity index (χ1v) is 16.6. The number of nitrogens with one attached hydrogen (secondary N) is 3. The molecule has 0 saturated carbocycles. The molecule has 0 bridgehead atoms. The highest BCUT2D eigenvalue weighted by Crippen LogP contribution is 2.30. The average Bonchev–Trinajstić information content (AvgIpc) is 3.13. The molecule has 1 unspecified atom stereocenters. The second kappa shape index (κ2) is 15.9. The van der Waals surface area contributed by atoms with Crippen LogP contribution in [0.15, 0.2) is 77.6 Å². The van der Waals surface area contributed by atoms with Crippen molar-refractivity contribution in [2.24, 2.45) is 0 Å². The number of amides is 3. The maximum Gasteiger partial charge on any atom is 0.278 e. The van der Waals surface area contributed by atoms with Crippen molar-refractivity contribution < 1.29 is 24.2 Å². The van der Waals surface area contributed by atoms with Crippen LogP contribution >= 0.6 is 0 Å². The van der Waals surface area contributed by atoms with Crippen LogP contribution in [0.25, 0.3) is 22.2 Å². The quantitative estimate of drug-likeness (QED) is 0.0839. The number of hydrogen-bond acceptors (Lipinski definition) is 12.